The summed E-state index contributed by atoms with van der Waals surface area (Å²) < 4.78 is 15.9. The molecule has 0 saturated heterocycles. The van der Waals surface area contributed by atoms with Gasteiger partial charge in [0.15, 0.2) is 11.5 Å². The molecule has 0 radical (unpaired) electrons. The second-order valence-corrected chi connectivity index (χ2v) is 4.01. The van der Waals surface area contributed by atoms with Gasteiger partial charge in [-0.3, -0.25) is 0 Å². The van der Waals surface area contributed by atoms with Crippen molar-refractivity contribution in [1.29, 1.82) is 0 Å². The van der Waals surface area contributed by atoms with Crippen LogP contribution >= 0.6 is 0 Å². The third kappa shape index (κ3) is 3.09. The van der Waals surface area contributed by atoms with Gasteiger partial charge in [-0.1, -0.05) is 0 Å². The van der Waals surface area contributed by atoms with Crippen molar-refractivity contribution < 1.29 is 14.2 Å². The van der Waals surface area contributed by atoms with Gasteiger partial charge in [0.2, 0.25) is 5.75 Å². The molecule has 0 fully saturated rings. The Morgan fingerprint density at radius 2 is 1.55 bits per heavy atom. The average Bonchev–Trinajstić information content (AvgIpc) is 2.52. The molecule has 106 valence electrons. The molecular formula is C14H17N3O3. The molecule has 1 heterocycles. The molecule has 0 saturated carbocycles. The molecule has 0 aliphatic rings. The standard InChI is InChI=1S/C14H17N3O3/c1-18-12-4-10(5-13(19-2)14(12)20-3)6-17-11-7-15-9-16-8-11/h4-5,7-9,17H,6H2,1-3H3. The Bertz CT molecular complexity index is 536. The maximum Gasteiger partial charge on any atom is 0.203 e. The van der Waals surface area contributed by atoms with Crippen molar-refractivity contribution in [1.82, 2.24) is 9.97 Å². The van der Waals surface area contributed by atoms with E-state index >= 15 is 0 Å². The first kappa shape index (κ1) is 13.9. The monoisotopic (exact) mass is 275 g/mol. The van der Waals surface area contributed by atoms with E-state index in [9.17, 15) is 0 Å². The van der Waals surface area contributed by atoms with Gasteiger partial charge in [-0.15, -0.1) is 0 Å². The molecule has 0 atom stereocenters. The van der Waals surface area contributed by atoms with Crippen LogP contribution in [0.25, 0.3) is 0 Å². The van der Waals surface area contributed by atoms with Crippen LogP contribution in [0.4, 0.5) is 5.69 Å². The van der Waals surface area contributed by atoms with Crippen LogP contribution in [0.15, 0.2) is 30.9 Å². The van der Waals surface area contributed by atoms with E-state index in [0.717, 1.165) is 11.3 Å². The number of hydrogen-bond donors (Lipinski definition) is 1. The number of benzene rings is 1. The van der Waals surface area contributed by atoms with Crippen LogP contribution in [-0.2, 0) is 6.54 Å². The van der Waals surface area contributed by atoms with E-state index < -0.39 is 0 Å². The second kappa shape index (κ2) is 6.60. The molecule has 1 aromatic carbocycles. The molecule has 1 N–H and O–H groups in total. The SMILES string of the molecule is COc1cc(CNc2cncnc2)cc(OC)c1OC. The maximum atomic E-state index is 5.31. The molecular weight excluding hydrogens is 258 g/mol. The van der Waals surface area contributed by atoms with Crippen molar-refractivity contribution >= 4 is 5.69 Å². The molecule has 0 aliphatic carbocycles. The van der Waals surface area contributed by atoms with Crippen LogP contribution in [0.2, 0.25) is 0 Å². The molecule has 0 aliphatic heterocycles. The molecule has 6 nitrogen and oxygen atoms in total. The van der Waals surface area contributed by atoms with E-state index in [2.05, 4.69) is 15.3 Å². The summed E-state index contributed by atoms with van der Waals surface area (Å²) in [5.74, 6) is 1.85. The fourth-order valence-corrected chi connectivity index (χ4v) is 1.83. The second-order valence-electron chi connectivity index (χ2n) is 4.01. The first-order chi connectivity index (χ1) is 9.78. The van der Waals surface area contributed by atoms with E-state index in [4.69, 9.17) is 14.2 Å². The molecule has 6 heteroatoms. The lowest BCUT2D eigenvalue weighted by Crippen LogP contribution is -2.02. The number of ether oxygens (including phenoxy) is 3. The lowest BCUT2D eigenvalue weighted by atomic mass is 10.1. The number of methoxy groups -OCH3 is 3. The maximum absolute atomic E-state index is 5.31. The Balaban J connectivity index is 2.19. The number of nitrogens with zero attached hydrogens (tertiary/aromatic N) is 2. The Labute approximate surface area is 117 Å². The van der Waals surface area contributed by atoms with Gasteiger partial charge in [0.25, 0.3) is 0 Å². The van der Waals surface area contributed by atoms with Crippen molar-refractivity contribution in [3.63, 3.8) is 0 Å². The molecule has 0 spiro atoms. The van der Waals surface area contributed by atoms with Gasteiger partial charge in [0, 0.05) is 6.54 Å². The number of anilines is 1. The smallest absolute Gasteiger partial charge is 0.203 e. The van der Waals surface area contributed by atoms with Gasteiger partial charge in [0.1, 0.15) is 6.33 Å². The summed E-state index contributed by atoms with van der Waals surface area (Å²) in [7, 11) is 4.78. The van der Waals surface area contributed by atoms with Gasteiger partial charge in [0.05, 0.1) is 39.4 Å². The molecule has 0 unspecified atom stereocenters. The topological polar surface area (TPSA) is 65.5 Å². The first-order valence-corrected chi connectivity index (χ1v) is 6.06. The average molecular weight is 275 g/mol. The molecule has 0 bridgehead atoms. The molecule has 20 heavy (non-hydrogen) atoms. The predicted molar refractivity (Wildman–Crippen MR) is 75.5 cm³/mol. The zero-order valence-corrected chi connectivity index (χ0v) is 11.7. The van der Waals surface area contributed by atoms with Crippen LogP contribution in [0, 0.1) is 0 Å². The normalized spacial score (nSPS) is 9.95. The summed E-state index contributed by atoms with van der Waals surface area (Å²) in [6.07, 6.45) is 4.92. The number of rotatable bonds is 6. The van der Waals surface area contributed by atoms with E-state index in [1.54, 1.807) is 33.7 Å². The minimum absolute atomic E-state index is 0.585. The summed E-state index contributed by atoms with van der Waals surface area (Å²) in [5, 5.41) is 3.22. The van der Waals surface area contributed by atoms with Crippen LogP contribution < -0.4 is 19.5 Å². The number of hydrogen-bond acceptors (Lipinski definition) is 6. The molecule has 0 amide bonds. The van der Waals surface area contributed by atoms with Crippen molar-refractivity contribution in [3.8, 4) is 17.2 Å². The molecule has 2 aromatic rings. The highest BCUT2D eigenvalue weighted by Gasteiger charge is 2.12. The van der Waals surface area contributed by atoms with Crippen molar-refractivity contribution in [2.24, 2.45) is 0 Å². The summed E-state index contributed by atoms with van der Waals surface area (Å²) in [5.41, 5.74) is 1.85. The summed E-state index contributed by atoms with van der Waals surface area (Å²) >= 11 is 0. The van der Waals surface area contributed by atoms with Gasteiger partial charge >= 0.3 is 0 Å². The largest absolute Gasteiger partial charge is 0.493 e. The Morgan fingerprint density at radius 1 is 0.950 bits per heavy atom. The zero-order valence-electron chi connectivity index (χ0n) is 11.7. The molecule has 2 rings (SSSR count). The van der Waals surface area contributed by atoms with Crippen molar-refractivity contribution in [2.75, 3.05) is 26.6 Å². The Kier molecular flexibility index (Phi) is 4.60. The minimum atomic E-state index is 0.585. The highest BCUT2D eigenvalue weighted by atomic mass is 16.5. The summed E-state index contributed by atoms with van der Waals surface area (Å²) in [4.78, 5) is 7.90. The van der Waals surface area contributed by atoms with Gasteiger partial charge < -0.3 is 19.5 Å². The molecule has 1 aromatic heterocycles. The van der Waals surface area contributed by atoms with E-state index in [1.165, 1.54) is 6.33 Å². The van der Waals surface area contributed by atoms with Crippen LogP contribution in [0.1, 0.15) is 5.56 Å². The lowest BCUT2D eigenvalue weighted by molar-refractivity contribution is 0.324. The minimum Gasteiger partial charge on any atom is -0.493 e. The first-order valence-electron chi connectivity index (χ1n) is 6.06. The zero-order chi connectivity index (χ0) is 14.4. The predicted octanol–water partition coefficient (Wildman–Crippen LogP) is 2.11. The third-order valence-corrected chi connectivity index (χ3v) is 2.78. The third-order valence-electron chi connectivity index (χ3n) is 2.78. The van der Waals surface area contributed by atoms with Gasteiger partial charge in [-0.25, -0.2) is 9.97 Å². The van der Waals surface area contributed by atoms with E-state index in [0.29, 0.717) is 23.8 Å². The fourth-order valence-electron chi connectivity index (χ4n) is 1.83. The van der Waals surface area contributed by atoms with Gasteiger partial charge in [-0.05, 0) is 17.7 Å². The van der Waals surface area contributed by atoms with E-state index in [1.807, 2.05) is 12.1 Å². The summed E-state index contributed by atoms with van der Waals surface area (Å²) in [6.45, 7) is 0.601. The van der Waals surface area contributed by atoms with Crippen LogP contribution in [0.5, 0.6) is 17.2 Å². The van der Waals surface area contributed by atoms with Crippen LogP contribution in [0.3, 0.4) is 0 Å². The highest BCUT2D eigenvalue weighted by molar-refractivity contribution is 5.54. The van der Waals surface area contributed by atoms with Crippen LogP contribution in [-0.4, -0.2) is 31.3 Å². The highest BCUT2D eigenvalue weighted by Crippen LogP contribution is 2.38. The van der Waals surface area contributed by atoms with E-state index in [-0.39, 0.29) is 0 Å². The number of nitrogens with one attached hydrogen (secondary N) is 1. The van der Waals surface area contributed by atoms with Crippen molar-refractivity contribution in [2.45, 2.75) is 6.54 Å². The lowest BCUT2D eigenvalue weighted by Gasteiger charge is -2.14. The number of aromatic nitrogens is 2. The Hall–Kier alpha value is -2.50. The van der Waals surface area contributed by atoms with Crippen molar-refractivity contribution in [3.05, 3.63) is 36.4 Å². The quantitative estimate of drug-likeness (QED) is 0.871. The summed E-state index contributed by atoms with van der Waals surface area (Å²) in [6, 6.07) is 3.80. The Morgan fingerprint density at radius 3 is 2.05 bits per heavy atom. The fraction of sp³-hybridized carbons (Fsp3) is 0.286. The van der Waals surface area contributed by atoms with Gasteiger partial charge in [-0.2, -0.15) is 0 Å².